The van der Waals surface area contributed by atoms with E-state index in [1.165, 1.54) is 0 Å². The van der Waals surface area contributed by atoms with Crippen molar-refractivity contribution in [3.05, 3.63) is 23.8 Å². The molecule has 1 fully saturated rings. The summed E-state index contributed by atoms with van der Waals surface area (Å²) in [6, 6.07) is 4.98. The number of nitrogens with two attached hydrogens (primary N) is 1. The number of carbonyl (C=O) groups is 1. The highest BCUT2D eigenvalue weighted by Crippen LogP contribution is 2.26. The number of piperazine rings is 1. The van der Waals surface area contributed by atoms with Gasteiger partial charge in [-0.1, -0.05) is 0 Å². The van der Waals surface area contributed by atoms with Gasteiger partial charge in [0, 0.05) is 37.4 Å². The second kappa shape index (κ2) is 5.32. The van der Waals surface area contributed by atoms with Gasteiger partial charge < -0.3 is 15.7 Å². The fourth-order valence-corrected chi connectivity index (χ4v) is 2.61. The Balaban J connectivity index is 2.18. The third-order valence-corrected chi connectivity index (χ3v) is 3.82. The highest BCUT2D eigenvalue weighted by atomic mass is 16.4. The zero-order valence-corrected chi connectivity index (χ0v) is 12.4. The monoisotopic (exact) mass is 277 g/mol. The Morgan fingerprint density at radius 2 is 1.80 bits per heavy atom. The second-order valence-corrected chi connectivity index (χ2v) is 6.23. The Bertz CT molecular complexity index is 500. The largest absolute Gasteiger partial charge is 0.478 e. The molecule has 0 unspecified atom stereocenters. The molecule has 0 radical (unpaired) electrons. The molecule has 0 aromatic heterocycles. The Kier molecular flexibility index (Phi) is 3.90. The zero-order chi connectivity index (χ0) is 14.9. The molecule has 0 bridgehead atoms. The highest BCUT2D eigenvalue weighted by Gasteiger charge is 2.27. The van der Waals surface area contributed by atoms with Gasteiger partial charge in [0.05, 0.1) is 11.3 Å². The van der Waals surface area contributed by atoms with E-state index < -0.39 is 5.97 Å². The fraction of sp³-hybridized carbons (Fsp3) is 0.533. The van der Waals surface area contributed by atoms with Crippen LogP contribution in [-0.2, 0) is 0 Å². The molecule has 0 amide bonds. The molecule has 110 valence electrons. The maximum Gasteiger partial charge on any atom is 0.337 e. The van der Waals surface area contributed by atoms with Crippen molar-refractivity contribution < 1.29 is 9.90 Å². The van der Waals surface area contributed by atoms with Crippen molar-refractivity contribution in [3.63, 3.8) is 0 Å². The highest BCUT2D eigenvalue weighted by molar-refractivity contribution is 5.95. The van der Waals surface area contributed by atoms with Crippen molar-refractivity contribution in [1.29, 1.82) is 0 Å². The lowest BCUT2D eigenvalue weighted by molar-refractivity contribution is 0.0697. The molecular formula is C15H23N3O2. The molecule has 1 heterocycles. The fourth-order valence-electron chi connectivity index (χ4n) is 2.61. The molecule has 1 aromatic carbocycles. The summed E-state index contributed by atoms with van der Waals surface area (Å²) in [5.41, 5.74) is 7.60. The number of hydrogen-bond acceptors (Lipinski definition) is 4. The van der Waals surface area contributed by atoms with Gasteiger partial charge in [-0.15, -0.1) is 0 Å². The van der Waals surface area contributed by atoms with Gasteiger partial charge in [0.25, 0.3) is 0 Å². The molecule has 3 N–H and O–H groups in total. The van der Waals surface area contributed by atoms with Gasteiger partial charge in [0.2, 0.25) is 0 Å². The normalized spacial score (nSPS) is 17.2. The van der Waals surface area contributed by atoms with Gasteiger partial charge in [-0.05, 0) is 39.0 Å². The molecule has 1 aliphatic heterocycles. The number of anilines is 2. The minimum atomic E-state index is -0.904. The van der Waals surface area contributed by atoms with Crippen LogP contribution in [0.5, 0.6) is 0 Å². The average molecular weight is 277 g/mol. The van der Waals surface area contributed by atoms with Crippen molar-refractivity contribution in [2.24, 2.45) is 0 Å². The lowest BCUT2D eigenvalue weighted by Crippen LogP contribution is -2.53. The Labute approximate surface area is 120 Å². The van der Waals surface area contributed by atoms with E-state index in [4.69, 9.17) is 5.73 Å². The van der Waals surface area contributed by atoms with Gasteiger partial charge in [0.15, 0.2) is 0 Å². The molecule has 5 nitrogen and oxygen atoms in total. The van der Waals surface area contributed by atoms with E-state index >= 15 is 0 Å². The maximum atomic E-state index is 11.3. The van der Waals surface area contributed by atoms with E-state index in [9.17, 15) is 9.90 Å². The number of nitrogen functional groups attached to an aromatic ring is 1. The van der Waals surface area contributed by atoms with Gasteiger partial charge in [-0.25, -0.2) is 4.79 Å². The van der Waals surface area contributed by atoms with Crippen LogP contribution in [0.25, 0.3) is 0 Å². The van der Waals surface area contributed by atoms with Gasteiger partial charge in [-0.3, -0.25) is 4.90 Å². The van der Waals surface area contributed by atoms with E-state index in [1.54, 1.807) is 18.2 Å². The van der Waals surface area contributed by atoms with E-state index in [0.29, 0.717) is 11.3 Å². The first-order chi connectivity index (χ1) is 9.29. The summed E-state index contributed by atoms with van der Waals surface area (Å²) in [6.07, 6.45) is 0. The molecule has 1 aromatic rings. The van der Waals surface area contributed by atoms with Crippen molar-refractivity contribution in [3.8, 4) is 0 Å². The van der Waals surface area contributed by atoms with Crippen LogP contribution >= 0.6 is 0 Å². The molecule has 0 atom stereocenters. The molecule has 5 heteroatoms. The molecule has 2 rings (SSSR count). The van der Waals surface area contributed by atoms with Crippen LogP contribution in [0.1, 0.15) is 31.1 Å². The number of aromatic carboxylic acids is 1. The van der Waals surface area contributed by atoms with Crippen LogP contribution < -0.4 is 10.6 Å². The van der Waals surface area contributed by atoms with E-state index in [0.717, 1.165) is 31.9 Å². The van der Waals surface area contributed by atoms with Crippen molar-refractivity contribution in [2.75, 3.05) is 36.8 Å². The van der Waals surface area contributed by atoms with Gasteiger partial charge in [-0.2, -0.15) is 0 Å². The average Bonchev–Trinajstić information content (AvgIpc) is 2.37. The quantitative estimate of drug-likeness (QED) is 0.808. The van der Waals surface area contributed by atoms with E-state index in [2.05, 4.69) is 30.6 Å². The SMILES string of the molecule is CC(C)(C)N1CCN(c2cc(N)ccc2C(=O)O)CC1. The summed E-state index contributed by atoms with van der Waals surface area (Å²) >= 11 is 0. The van der Waals surface area contributed by atoms with Crippen molar-refractivity contribution in [1.82, 2.24) is 4.90 Å². The Hall–Kier alpha value is -1.75. The summed E-state index contributed by atoms with van der Waals surface area (Å²) in [6.45, 7) is 10.1. The molecule has 0 spiro atoms. The lowest BCUT2D eigenvalue weighted by atomic mass is 10.0. The molecule has 1 aliphatic rings. The third-order valence-electron chi connectivity index (χ3n) is 3.82. The van der Waals surface area contributed by atoms with Crippen LogP contribution in [0.15, 0.2) is 18.2 Å². The molecule has 0 aliphatic carbocycles. The minimum absolute atomic E-state index is 0.150. The topological polar surface area (TPSA) is 69.8 Å². The molecule has 0 saturated carbocycles. The number of carboxylic acid groups (broad SMARTS) is 1. The zero-order valence-electron chi connectivity index (χ0n) is 12.4. The van der Waals surface area contributed by atoms with Gasteiger partial charge >= 0.3 is 5.97 Å². The van der Waals surface area contributed by atoms with Crippen LogP contribution in [0.2, 0.25) is 0 Å². The summed E-state index contributed by atoms with van der Waals surface area (Å²) in [5.74, 6) is -0.904. The van der Waals surface area contributed by atoms with Crippen molar-refractivity contribution >= 4 is 17.3 Å². The predicted octanol–water partition coefficient (Wildman–Crippen LogP) is 1.89. The first kappa shape index (κ1) is 14.7. The first-order valence-corrected chi connectivity index (χ1v) is 6.92. The maximum absolute atomic E-state index is 11.3. The summed E-state index contributed by atoms with van der Waals surface area (Å²) < 4.78 is 0. The minimum Gasteiger partial charge on any atom is -0.478 e. The van der Waals surface area contributed by atoms with Crippen LogP contribution in [-0.4, -0.2) is 47.7 Å². The lowest BCUT2D eigenvalue weighted by Gasteiger charge is -2.43. The summed E-state index contributed by atoms with van der Waals surface area (Å²) in [4.78, 5) is 15.8. The van der Waals surface area contributed by atoms with Gasteiger partial charge in [0.1, 0.15) is 0 Å². The Morgan fingerprint density at radius 3 is 2.30 bits per heavy atom. The first-order valence-electron chi connectivity index (χ1n) is 6.92. The van der Waals surface area contributed by atoms with Crippen LogP contribution in [0, 0.1) is 0 Å². The number of carboxylic acids is 1. The van der Waals surface area contributed by atoms with E-state index in [-0.39, 0.29) is 5.54 Å². The molecule has 1 saturated heterocycles. The predicted molar refractivity (Wildman–Crippen MR) is 81.4 cm³/mol. The third kappa shape index (κ3) is 3.04. The smallest absolute Gasteiger partial charge is 0.337 e. The van der Waals surface area contributed by atoms with E-state index in [1.807, 2.05) is 0 Å². The number of rotatable bonds is 2. The summed E-state index contributed by atoms with van der Waals surface area (Å²) in [7, 11) is 0. The van der Waals surface area contributed by atoms with Crippen molar-refractivity contribution in [2.45, 2.75) is 26.3 Å². The summed E-state index contributed by atoms with van der Waals surface area (Å²) in [5, 5.41) is 9.29. The molecular weight excluding hydrogens is 254 g/mol. The standard InChI is InChI=1S/C15H23N3O2/c1-15(2,3)18-8-6-17(7-9-18)13-10-11(16)4-5-12(13)14(19)20/h4-5,10H,6-9,16H2,1-3H3,(H,19,20). The second-order valence-electron chi connectivity index (χ2n) is 6.23. The van der Waals surface area contributed by atoms with Crippen LogP contribution in [0.3, 0.4) is 0 Å². The number of hydrogen-bond donors (Lipinski definition) is 2. The Morgan fingerprint density at radius 1 is 1.20 bits per heavy atom. The number of benzene rings is 1. The van der Waals surface area contributed by atoms with Crippen LogP contribution in [0.4, 0.5) is 11.4 Å². The molecule has 20 heavy (non-hydrogen) atoms. The number of nitrogens with zero attached hydrogens (tertiary/aromatic N) is 2.